The minimum atomic E-state index is 0. The molecule has 0 bridgehead atoms. The summed E-state index contributed by atoms with van der Waals surface area (Å²) in [4.78, 5) is 6.30. The van der Waals surface area contributed by atoms with Gasteiger partial charge in [0.1, 0.15) is 5.82 Å². The summed E-state index contributed by atoms with van der Waals surface area (Å²) in [6, 6.07) is 1.92. The molecule has 0 spiro atoms. The van der Waals surface area contributed by atoms with Gasteiger partial charge in [-0.15, -0.1) is 29.9 Å². The number of H-pyrrole nitrogens is 1. The lowest BCUT2D eigenvalue weighted by Gasteiger charge is -2.07. The van der Waals surface area contributed by atoms with Crippen molar-refractivity contribution in [3.8, 4) is 11.6 Å². The zero-order valence-corrected chi connectivity index (χ0v) is 11.8. The fraction of sp³-hybridized carbons (Fsp3) is 0.400. The fourth-order valence-electron chi connectivity index (χ4n) is 1.49. The minimum absolute atomic E-state index is 0. The zero-order valence-electron chi connectivity index (χ0n) is 10.2. The molecule has 3 N–H and O–H groups in total. The molecule has 0 saturated heterocycles. The van der Waals surface area contributed by atoms with Gasteiger partial charge in [-0.2, -0.15) is 0 Å². The smallest absolute Gasteiger partial charge is 0.217 e. The monoisotopic (exact) mass is 293 g/mol. The molecular formula is C10H17Cl2N5O. The van der Waals surface area contributed by atoms with E-state index in [1.165, 1.54) is 0 Å². The summed E-state index contributed by atoms with van der Waals surface area (Å²) < 4.78 is 5.40. The quantitative estimate of drug-likeness (QED) is 0.891. The van der Waals surface area contributed by atoms with Crippen LogP contribution < -0.4 is 5.73 Å². The number of halogens is 2. The summed E-state index contributed by atoms with van der Waals surface area (Å²) in [7, 11) is 4.00. The maximum atomic E-state index is 5.46. The van der Waals surface area contributed by atoms with Crippen LogP contribution in [0.1, 0.15) is 11.4 Å². The van der Waals surface area contributed by atoms with Gasteiger partial charge in [0.15, 0.2) is 5.76 Å². The van der Waals surface area contributed by atoms with Gasteiger partial charge in [-0.05, 0) is 20.2 Å². The third-order valence-electron chi connectivity index (χ3n) is 2.16. The van der Waals surface area contributed by atoms with Crippen LogP contribution in [0.5, 0.6) is 0 Å². The highest BCUT2D eigenvalue weighted by Crippen LogP contribution is 2.22. The summed E-state index contributed by atoms with van der Waals surface area (Å²) in [6.07, 6.45) is 1.65. The van der Waals surface area contributed by atoms with Gasteiger partial charge in [0, 0.05) is 12.1 Å². The van der Waals surface area contributed by atoms with E-state index in [2.05, 4.69) is 20.1 Å². The third-order valence-corrected chi connectivity index (χ3v) is 2.16. The van der Waals surface area contributed by atoms with Gasteiger partial charge in [0.25, 0.3) is 0 Å². The topological polar surface area (TPSA) is 84.0 Å². The van der Waals surface area contributed by atoms with E-state index in [9.17, 15) is 0 Å². The molecule has 2 aromatic heterocycles. The summed E-state index contributed by atoms with van der Waals surface area (Å²) in [5, 5.41) is 6.83. The highest BCUT2D eigenvalue weighted by molar-refractivity contribution is 5.85. The molecule has 0 unspecified atom stereocenters. The predicted molar refractivity (Wildman–Crippen MR) is 73.9 cm³/mol. The van der Waals surface area contributed by atoms with Gasteiger partial charge < -0.3 is 15.1 Å². The third kappa shape index (κ3) is 3.71. The van der Waals surface area contributed by atoms with E-state index in [0.29, 0.717) is 24.0 Å². The van der Waals surface area contributed by atoms with Gasteiger partial charge in [-0.25, -0.2) is 4.98 Å². The van der Waals surface area contributed by atoms with E-state index in [1.807, 2.05) is 20.2 Å². The van der Waals surface area contributed by atoms with Crippen LogP contribution in [0.25, 0.3) is 11.6 Å². The maximum Gasteiger partial charge on any atom is 0.217 e. The molecule has 0 atom stereocenters. The molecule has 0 radical (unpaired) electrons. The number of nitrogens with zero attached hydrogens (tertiary/aromatic N) is 3. The Balaban J connectivity index is 0.00000144. The Morgan fingerprint density at radius 3 is 2.67 bits per heavy atom. The first kappa shape index (κ1) is 16.9. The summed E-state index contributed by atoms with van der Waals surface area (Å²) in [5.74, 6) is 1.91. The number of furan rings is 1. The van der Waals surface area contributed by atoms with Crippen LogP contribution in [-0.2, 0) is 13.1 Å². The summed E-state index contributed by atoms with van der Waals surface area (Å²) >= 11 is 0. The Bertz CT molecular complexity index is 468. The SMILES string of the molecule is CN(C)Cc1ccoc1-c1n[nH]c(CN)n1.Cl.Cl. The van der Waals surface area contributed by atoms with Crippen molar-refractivity contribution in [3.05, 3.63) is 23.7 Å². The van der Waals surface area contributed by atoms with Crippen LogP contribution in [0, 0.1) is 0 Å². The maximum absolute atomic E-state index is 5.46. The molecule has 2 heterocycles. The van der Waals surface area contributed by atoms with Gasteiger partial charge in [-0.3, -0.25) is 5.10 Å². The van der Waals surface area contributed by atoms with Crippen molar-refractivity contribution < 1.29 is 4.42 Å². The first-order chi connectivity index (χ1) is 7.70. The van der Waals surface area contributed by atoms with Crippen LogP contribution in [0.4, 0.5) is 0 Å². The molecule has 2 rings (SSSR count). The Kier molecular flexibility index (Phi) is 6.93. The average Bonchev–Trinajstić information content (AvgIpc) is 2.84. The van der Waals surface area contributed by atoms with Crippen LogP contribution in [0.3, 0.4) is 0 Å². The molecule has 8 heteroatoms. The Morgan fingerprint density at radius 2 is 2.11 bits per heavy atom. The highest BCUT2D eigenvalue weighted by atomic mass is 35.5. The number of aromatic amines is 1. The van der Waals surface area contributed by atoms with Crippen molar-refractivity contribution in [2.75, 3.05) is 14.1 Å². The molecule has 2 aromatic rings. The lowest BCUT2D eigenvalue weighted by Crippen LogP contribution is -2.10. The van der Waals surface area contributed by atoms with Crippen LogP contribution in [-0.4, -0.2) is 34.2 Å². The van der Waals surface area contributed by atoms with Crippen molar-refractivity contribution >= 4 is 24.8 Å². The molecule has 0 fully saturated rings. The lowest BCUT2D eigenvalue weighted by molar-refractivity contribution is 0.401. The molecule has 18 heavy (non-hydrogen) atoms. The van der Waals surface area contributed by atoms with Crippen LogP contribution in [0.2, 0.25) is 0 Å². The van der Waals surface area contributed by atoms with E-state index in [1.54, 1.807) is 6.26 Å². The number of hydrogen-bond acceptors (Lipinski definition) is 5. The van der Waals surface area contributed by atoms with Crippen LogP contribution >= 0.6 is 24.8 Å². The summed E-state index contributed by atoms with van der Waals surface area (Å²) in [6.45, 7) is 1.13. The van der Waals surface area contributed by atoms with E-state index in [0.717, 1.165) is 12.1 Å². The standard InChI is InChI=1S/C10H15N5O.2ClH/c1-15(2)6-7-3-4-16-9(7)10-12-8(5-11)13-14-10;;/h3-4H,5-6,11H2,1-2H3,(H,12,13,14);2*1H. The number of nitrogens with one attached hydrogen (secondary N) is 1. The molecule has 0 aliphatic rings. The van der Waals surface area contributed by atoms with Crippen molar-refractivity contribution in [2.24, 2.45) is 5.73 Å². The molecule has 0 amide bonds. The van der Waals surface area contributed by atoms with Crippen molar-refractivity contribution in [1.29, 1.82) is 0 Å². The van der Waals surface area contributed by atoms with E-state index < -0.39 is 0 Å². The fourth-order valence-corrected chi connectivity index (χ4v) is 1.49. The van der Waals surface area contributed by atoms with E-state index in [4.69, 9.17) is 10.2 Å². The highest BCUT2D eigenvalue weighted by Gasteiger charge is 2.14. The van der Waals surface area contributed by atoms with Crippen molar-refractivity contribution in [3.63, 3.8) is 0 Å². The first-order valence-corrected chi connectivity index (χ1v) is 5.03. The number of rotatable bonds is 4. The van der Waals surface area contributed by atoms with Crippen molar-refractivity contribution in [1.82, 2.24) is 20.1 Å². The molecule has 6 nitrogen and oxygen atoms in total. The average molecular weight is 294 g/mol. The Hall–Kier alpha value is -1.08. The molecular weight excluding hydrogens is 277 g/mol. The molecule has 0 aromatic carbocycles. The molecule has 0 saturated carbocycles. The number of nitrogens with two attached hydrogens (primary N) is 1. The predicted octanol–water partition coefficient (Wildman–Crippen LogP) is 1.43. The molecule has 0 aliphatic carbocycles. The van der Waals surface area contributed by atoms with Gasteiger partial charge in [0.05, 0.1) is 12.8 Å². The Labute approximate surface area is 118 Å². The minimum Gasteiger partial charge on any atom is -0.461 e. The van der Waals surface area contributed by atoms with E-state index in [-0.39, 0.29) is 24.8 Å². The lowest BCUT2D eigenvalue weighted by atomic mass is 10.2. The molecule has 0 aliphatic heterocycles. The number of aromatic nitrogens is 3. The van der Waals surface area contributed by atoms with Gasteiger partial charge in [-0.1, -0.05) is 0 Å². The molecule has 102 valence electrons. The van der Waals surface area contributed by atoms with Gasteiger partial charge in [0.2, 0.25) is 5.82 Å². The first-order valence-electron chi connectivity index (χ1n) is 5.03. The zero-order chi connectivity index (χ0) is 11.5. The number of hydrogen-bond donors (Lipinski definition) is 2. The summed E-state index contributed by atoms with van der Waals surface area (Å²) in [5.41, 5.74) is 6.53. The second kappa shape index (κ2) is 7.38. The van der Waals surface area contributed by atoms with E-state index >= 15 is 0 Å². The van der Waals surface area contributed by atoms with Crippen LogP contribution in [0.15, 0.2) is 16.7 Å². The Morgan fingerprint density at radius 1 is 1.39 bits per heavy atom. The normalized spacial score (nSPS) is 10.0. The van der Waals surface area contributed by atoms with Gasteiger partial charge >= 0.3 is 0 Å². The second-order valence-electron chi connectivity index (χ2n) is 3.82. The van der Waals surface area contributed by atoms with Crippen molar-refractivity contribution in [2.45, 2.75) is 13.1 Å². The second-order valence-corrected chi connectivity index (χ2v) is 3.82. The largest absolute Gasteiger partial charge is 0.461 e.